The van der Waals surface area contributed by atoms with Crippen LogP contribution in [-0.2, 0) is 6.42 Å². The van der Waals surface area contributed by atoms with Crippen LogP contribution < -0.4 is 0 Å². The molecule has 0 heterocycles. The Morgan fingerprint density at radius 2 is 1.32 bits per heavy atom. The number of benzene rings is 2. The second kappa shape index (κ2) is 6.73. The van der Waals surface area contributed by atoms with E-state index in [1.165, 1.54) is 12.1 Å². The topological polar surface area (TPSA) is 0 Å². The van der Waals surface area contributed by atoms with E-state index < -0.39 is 34.7 Å². The van der Waals surface area contributed by atoms with Crippen molar-refractivity contribution in [1.29, 1.82) is 0 Å². The minimum absolute atomic E-state index is 0.0532. The van der Waals surface area contributed by atoms with Gasteiger partial charge in [-0.05, 0) is 24.1 Å². The van der Waals surface area contributed by atoms with E-state index >= 15 is 0 Å². The normalized spacial score (nSPS) is 12.3. The van der Waals surface area contributed by atoms with Crippen LogP contribution in [0.5, 0.6) is 0 Å². The first-order valence-corrected chi connectivity index (χ1v) is 6.73. The quantitative estimate of drug-likeness (QED) is 0.379. The van der Waals surface area contributed by atoms with Crippen molar-refractivity contribution in [1.82, 2.24) is 0 Å². The van der Waals surface area contributed by atoms with Crippen LogP contribution in [0.2, 0.25) is 0 Å². The molecule has 0 aromatic heterocycles. The highest BCUT2D eigenvalue weighted by atomic mass is 19.2. The van der Waals surface area contributed by atoms with Crippen LogP contribution in [0.3, 0.4) is 0 Å². The van der Waals surface area contributed by atoms with Gasteiger partial charge in [-0.2, -0.15) is 0 Å². The Hall–Kier alpha value is -2.17. The summed E-state index contributed by atoms with van der Waals surface area (Å²) in [6.45, 7) is 1.99. The van der Waals surface area contributed by atoms with Crippen LogP contribution in [-0.4, -0.2) is 0 Å². The van der Waals surface area contributed by atoms with E-state index in [0.29, 0.717) is 12.1 Å². The smallest absolute Gasteiger partial charge is 0.194 e. The Morgan fingerprint density at radius 3 is 1.82 bits per heavy atom. The Morgan fingerprint density at radius 1 is 0.818 bits per heavy atom. The number of rotatable bonds is 4. The summed E-state index contributed by atoms with van der Waals surface area (Å²) in [4.78, 5) is 0. The third-order valence-corrected chi connectivity index (χ3v) is 3.18. The Balaban J connectivity index is 2.40. The second-order valence-electron chi connectivity index (χ2n) is 4.83. The van der Waals surface area contributed by atoms with Crippen molar-refractivity contribution in [2.24, 2.45) is 0 Å². The molecular formula is C17H13F5. The van der Waals surface area contributed by atoms with Gasteiger partial charge in [0.25, 0.3) is 0 Å². The highest BCUT2D eigenvalue weighted by molar-refractivity contribution is 5.83. The molecule has 0 radical (unpaired) electrons. The molecule has 0 N–H and O–H groups in total. The third-order valence-electron chi connectivity index (χ3n) is 3.18. The molecule has 0 saturated heterocycles. The first kappa shape index (κ1) is 16.2. The van der Waals surface area contributed by atoms with Crippen molar-refractivity contribution >= 4 is 11.7 Å². The molecule has 116 valence electrons. The fraction of sp³-hybridized carbons (Fsp3) is 0.176. The molecule has 0 aliphatic rings. The molecule has 0 nitrogen and oxygen atoms in total. The molecule has 0 atom stereocenters. The van der Waals surface area contributed by atoms with Gasteiger partial charge >= 0.3 is 0 Å². The van der Waals surface area contributed by atoms with Crippen molar-refractivity contribution in [3.8, 4) is 0 Å². The molecule has 2 aromatic rings. The van der Waals surface area contributed by atoms with Gasteiger partial charge in [-0.3, -0.25) is 0 Å². The molecule has 5 heteroatoms. The van der Waals surface area contributed by atoms with E-state index in [0.717, 1.165) is 18.4 Å². The summed E-state index contributed by atoms with van der Waals surface area (Å²) in [5.41, 5.74) is 0.229. The van der Waals surface area contributed by atoms with Gasteiger partial charge in [-0.1, -0.05) is 37.6 Å². The molecule has 2 rings (SSSR count). The van der Waals surface area contributed by atoms with E-state index in [4.69, 9.17) is 0 Å². The number of hydrogen-bond donors (Lipinski definition) is 0. The van der Waals surface area contributed by atoms with E-state index in [1.54, 1.807) is 12.1 Å². The van der Waals surface area contributed by atoms with Gasteiger partial charge in [0.05, 0.1) is 0 Å². The number of aryl methyl sites for hydroxylation is 1. The van der Waals surface area contributed by atoms with Crippen molar-refractivity contribution in [2.45, 2.75) is 19.8 Å². The van der Waals surface area contributed by atoms with E-state index in [1.807, 2.05) is 6.92 Å². The Labute approximate surface area is 124 Å². The SMILES string of the molecule is CCCc1ccc(C(F)=C(F)c2cc(F)c(F)c(F)c2)cc1. The average Bonchev–Trinajstić information content (AvgIpc) is 2.51. The summed E-state index contributed by atoms with van der Waals surface area (Å²) in [5, 5.41) is 0. The fourth-order valence-corrected chi connectivity index (χ4v) is 2.04. The maximum absolute atomic E-state index is 14.1. The molecular weight excluding hydrogens is 299 g/mol. The van der Waals surface area contributed by atoms with E-state index in [2.05, 4.69) is 0 Å². The van der Waals surface area contributed by atoms with Crippen LogP contribution in [0.25, 0.3) is 11.7 Å². The summed E-state index contributed by atoms with van der Waals surface area (Å²) in [6, 6.07) is 6.90. The first-order valence-electron chi connectivity index (χ1n) is 6.73. The van der Waals surface area contributed by atoms with Crippen LogP contribution in [0, 0.1) is 17.5 Å². The van der Waals surface area contributed by atoms with Gasteiger partial charge in [0.1, 0.15) is 0 Å². The van der Waals surface area contributed by atoms with Gasteiger partial charge in [0.15, 0.2) is 29.1 Å². The predicted octanol–water partition coefficient (Wildman–Crippen LogP) is 5.82. The van der Waals surface area contributed by atoms with Crippen molar-refractivity contribution in [2.75, 3.05) is 0 Å². The molecule has 0 aliphatic carbocycles. The summed E-state index contributed by atoms with van der Waals surface area (Å²) < 4.78 is 67.1. The predicted molar refractivity (Wildman–Crippen MR) is 75.8 cm³/mol. The summed E-state index contributed by atoms with van der Waals surface area (Å²) in [6.07, 6.45) is 1.72. The first-order chi connectivity index (χ1) is 10.4. The fourth-order valence-electron chi connectivity index (χ4n) is 2.04. The van der Waals surface area contributed by atoms with Crippen LogP contribution in [0.15, 0.2) is 36.4 Å². The molecule has 0 fully saturated rings. The van der Waals surface area contributed by atoms with Crippen LogP contribution in [0.1, 0.15) is 30.0 Å². The van der Waals surface area contributed by atoms with Gasteiger partial charge < -0.3 is 0 Å². The van der Waals surface area contributed by atoms with Crippen LogP contribution >= 0.6 is 0 Å². The van der Waals surface area contributed by atoms with Gasteiger partial charge in [-0.25, -0.2) is 22.0 Å². The van der Waals surface area contributed by atoms with Crippen molar-refractivity contribution < 1.29 is 22.0 Å². The Bertz CT molecular complexity index is 678. The molecule has 0 spiro atoms. The highest BCUT2D eigenvalue weighted by Gasteiger charge is 2.17. The van der Waals surface area contributed by atoms with Gasteiger partial charge in [0.2, 0.25) is 0 Å². The third kappa shape index (κ3) is 3.35. The summed E-state index contributed by atoms with van der Waals surface area (Å²) >= 11 is 0. The van der Waals surface area contributed by atoms with Crippen molar-refractivity contribution in [3.63, 3.8) is 0 Å². The van der Waals surface area contributed by atoms with E-state index in [-0.39, 0.29) is 5.56 Å². The number of hydrogen-bond acceptors (Lipinski definition) is 0. The Kier molecular flexibility index (Phi) is 4.96. The molecule has 22 heavy (non-hydrogen) atoms. The maximum atomic E-state index is 14.1. The number of halogens is 5. The monoisotopic (exact) mass is 312 g/mol. The minimum atomic E-state index is -1.72. The molecule has 0 unspecified atom stereocenters. The summed E-state index contributed by atoms with van der Waals surface area (Å²) in [5.74, 6) is -7.57. The van der Waals surface area contributed by atoms with Gasteiger partial charge in [0, 0.05) is 11.1 Å². The second-order valence-corrected chi connectivity index (χ2v) is 4.83. The van der Waals surface area contributed by atoms with Gasteiger partial charge in [-0.15, -0.1) is 0 Å². The maximum Gasteiger partial charge on any atom is 0.194 e. The zero-order valence-corrected chi connectivity index (χ0v) is 11.8. The van der Waals surface area contributed by atoms with Crippen LogP contribution in [0.4, 0.5) is 22.0 Å². The zero-order valence-electron chi connectivity index (χ0n) is 11.8. The molecule has 0 saturated carbocycles. The van der Waals surface area contributed by atoms with E-state index in [9.17, 15) is 22.0 Å². The lowest BCUT2D eigenvalue weighted by Crippen LogP contribution is -1.94. The van der Waals surface area contributed by atoms with Crippen molar-refractivity contribution in [3.05, 3.63) is 70.5 Å². The zero-order chi connectivity index (χ0) is 16.3. The highest BCUT2D eigenvalue weighted by Crippen LogP contribution is 2.30. The summed E-state index contributed by atoms with van der Waals surface area (Å²) in [7, 11) is 0. The lowest BCUT2D eigenvalue weighted by atomic mass is 10.1. The standard InChI is InChI=1S/C17H13F5/c1-2-3-10-4-6-11(7-5-10)15(20)16(21)12-8-13(18)17(22)14(19)9-12/h4-9H,2-3H2,1H3. The lowest BCUT2D eigenvalue weighted by molar-refractivity contribution is 0.446. The average molecular weight is 312 g/mol. The largest absolute Gasteiger partial charge is 0.204 e. The molecule has 0 bridgehead atoms. The molecule has 0 amide bonds. The minimum Gasteiger partial charge on any atom is -0.204 e. The molecule has 0 aliphatic heterocycles. The lowest BCUT2D eigenvalue weighted by Gasteiger charge is -2.05. The molecule has 2 aromatic carbocycles.